The summed E-state index contributed by atoms with van der Waals surface area (Å²) in [5, 5.41) is 8.64. The first kappa shape index (κ1) is 22.5. The minimum atomic E-state index is -0.290. The number of hydrogen-bond acceptors (Lipinski definition) is 6. The zero-order chi connectivity index (χ0) is 24.6. The number of halogens is 1. The van der Waals surface area contributed by atoms with Gasteiger partial charge in [0.15, 0.2) is 0 Å². The van der Waals surface area contributed by atoms with Gasteiger partial charge in [0, 0.05) is 30.4 Å². The molecule has 10 heteroatoms. The predicted molar refractivity (Wildman–Crippen MR) is 136 cm³/mol. The van der Waals surface area contributed by atoms with Crippen LogP contribution in [0.1, 0.15) is 42.1 Å². The largest absolute Gasteiger partial charge is 0.339 e. The van der Waals surface area contributed by atoms with Crippen molar-refractivity contribution in [1.29, 1.82) is 0 Å². The molecule has 5 aromatic rings. The van der Waals surface area contributed by atoms with Crippen LogP contribution in [-0.2, 0) is 0 Å². The van der Waals surface area contributed by atoms with Gasteiger partial charge in [0.05, 0.1) is 33.7 Å². The van der Waals surface area contributed by atoms with Crippen molar-refractivity contribution in [2.45, 2.75) is 37.8 Å². The summed E-state index contributed by atoms with van der Waals surface area (Å²) in [7, 11) is 1.88. The van der Waals surface area contributed by atoms with Crippen LogP contribution in [0.25, 0.3) is 33.0 Å². The number of nitrogens with zero attached hydrogens (tertiary/aromatic N) is 6. The smallest absolute Gasteiger partial charge is 0.253 e. The first-order valence-electron chi connectivity index (χ1n) is 11.9. The number of amides is 1. The fraction of sp³-hybridized carbons (Fsp3) is 0.269. The number of aromatic nitrogens is 6. The molecule has 6 rings (SSSR count). The summed E-state index contributed by atoms with van der Waals surface area (Å²) in [6.45, 7) is 0. The van der Waals surface area contributed by atoms with Crippen LogP contribution in [0.15, 0.2) is 60.4 Å². The second-order valence-corrected chi connectivity index (χ2v) is 10.0. The van der Waals surface area contributed by atoms with Gasteiger partial charge in [-0.25, -0.2) is 14.1 Å². The highest BCUT2D eigenvalue weighted by Crippen LogP contribution is 2.32. The van der Waals surface area contributed by atoms with Gasteiger partial charge in [-0.1, -0.05) is 5.21 Å². The molecule has 3 heterocycles. The topological polar surface area (TPSA) is 92.6 Å². The number of carbonyl (C=O) groups excluding carboxylic acids is 1. The third-order valence-electron chi connectivity index (χ3n) is 6.95. The summed E-state index contributed by atoms with van der Waals surface area (Å²) in [5.41, 5.74) is 5.59. The second-order valence-electron chi connectivity index (χ2n) is 9.15. The summed E-state index contributed by atoms with van der Waals surface area (Å²) in [5.74, 6) is 0.348. The molecule has 182 valence electrons. The number of fused-ring (bicyclic) bond motifs is 1. The lowest BCUT2D eigenvalue weighted by Gasteiger charge is -2.34. The number of H-pyrrole nitrogens is 1. The van der Waals surface area contributed by atoms with Crippen LogP contribution in [0.2, 0.25) is 0 Å². The molecule has 0 aliphatic heterocycles. The predicted octanol–water partition coefficient (Wildman–Crippen LogP) is 5.34. The van der Waals surface area contributed by atoms with Gasteiger partial charge in [-0.15, -0.1) is 16.4 Å². The standard InChI is InChI=1S/C26H24FN7OS/c1-33(19-7-9-20(10-8-19)34-14-23(31-32-34)24-13-28-15-36-24)26(35)17-4-11-21-22(12-17)30-25(29-21)16-2-5-18(27)6-3-16/h2-6,11-15,19-20H,7-10H2,1H3,(H,29,30). The molecule has 0 bridgehead atoms. The Bertz CT molecular complexity index is 1500. The summed E-state index contributed by atoms with van der Waals surface area (Å²) in [4.78, 5) is 28.1. The Morgan fingerprint density at radius 2 is 1.94 bits per heavy atom. The Hall–Kier alpha value is -3.92. The van der Waals surface area contributed by atoms with Crippen molar-refractivity contribution in [3.8, 4) is 22.0 Å². The van der Waals surface area contributed by atoms with E-state index in [4.69, 9.17) is 0 Å². The Morgan fingerprint density at radius 3 is 2.69 bits per heavy atom. The van der Waals surface area contributed by atoms with Crippen LogP contribution in [0, 0.1) is 5.82 Å². The van der Waals surface area contributed by atoms with Crippen LogP contribution in [0.3, 0.4) is 0 Å². The molecular formula is C26H24FN7OS. The number of benzene rings is 2. The molecule has 1 aliphatic rings. The molecule has 1 N–H and O–H groups in total. The highest BCUT2D eigenvalue weighted by atomic mass is 32.1. The van der Waals surface area contributed by atoms with Gasteiger partial charge in [0.1, 0.15) is 17.3 Å². The molecule has 3 aromatic heterocycles. The molecule has 1 saturated carbocycles. The Labute approximate surface area is 210 Å². The number of hydrogen-bond donors (Lipinski definition) is 1. The maximum Gasteiger partial charge on any atom is 0.253 e. The zero-order valence-electron chi connectivity index (χ0n) is 19.6. The third kappa shape index (κ3) is 4.28. The fourth-order valence-electron chi connectivity index (χ4n) is 4.88. The van der Waals surface area contributed by atoms with Gasteiger partial charge in [0.25, 0.3) is 5.91 Å². The number of thiazole rings is 1. The number of nitrogens with one attached hydrogen (secondary N) is 1. The van der Waals surface area contributed by atoms with E-state index in [-0.39, 0.29) is 23.8 Å². The SMILES string of the molecule is CN(C(=O)c1ccc2nc(-c3ccc(F)cc3)[nH]c2c1)C1CCC(n2cc(-c3cncs3)nn2)CC1. The Balaban J connectivity index is 1.12. The summed E-state index contributed by atoms with van der Waals surface area (Å²) >= 11 is 1.55. The molecule has 0 radical (unpaired) electrons. The van der Waals surface area contributed by atoms with E-state index >= 15 is 0 Å². The molecule has 1 amide bonds. The van der Waals surface area contributed by atoms with Crippen LogP contribution < -0.4 is 0 Å². The summed E-state index contributed by atoms with van der Waals surface area (Å²) in [6, 6.07) is 12.1. The van der Waals surface area contributed by atoms with E-state index in [0.29, 0.717) is 11.4 Å². The summed E-state index contributed by atoms with van der Waals surface area (Å²) < 4.78 is 15.2. The first-order valence-corrected chi connectivity index (χ1v) is 12.8. The monoisotopic (exact) mass is 501 g/mol. The average molecular weight is 502 g/mol. The first-order chi connectivity index (χ1) is 17.5. The van der Waals surface area contributed by atoms with Crippen molar-refractivity contribution in [2.24, 2.45) is 0 Å². The van der Waals surface area contributed by atoms with Crippen molar-refractivity contribution in [1.82, 2.24) is 34.8 Å². The van der Waals surface area contributed by atoms with Crippen molar-refractivity contribution in [3.63, 3.8) is 0 Å². The van der Waals surface area contributed by atoms with Crippen LogP contribution in [0.5, 0.6) is 0 Å². The Morgan fingerprint density at radius 1 is 1.14 bits per heavy atom. The van der Waals surface area contributed by atoms with Gasteiger partial charge in [-0.05, 0) is 68.1 Å². The molecular weight excluding hydrogens is 477 g/mol. The Kier molecular flexibility index (Phi) is 5.80. The maximum absolute atomic E-state index is 13.3. The van der Waals surface area contributed by atoms with Crippen molar-refractivity contribution >= 4 is 28.3 Å². The van der Waals surface area contributed by atoms with Gasteiger partial charge in [0.2, 0.25) is 0 Å². The van der Waals surface area contributed by atoms with E-state index in [1.807, 2.05) is 41.0 Å². The molecule has 8 nitrogen and oxygen atoms in total. The quantitative estimate of drug-likeness (QED) is 0.351. The molecule has 36 heavy (non-hydrogen) atoms. The average Bonchev–Trinajstić information content (AvgIpc) is 3.68. The van der Waals surface area contributed by atoms with Gasteiger partial charge in [-0.3, -0.25) is 9.78 Å². The maximum atomic E-state index is 13.3. The number of rotatable bonds is 5. The molecule has 0 atom stereocenters. The summed E-state index contributed by atoms with van der Waals surface area (Å²) in [6.07, 6.45) is 7.49. The molecule has 2 aromatic carbocycles. The van der Waals surface area contributed by atoms with Crippen molar-refractivity contribution < 1.29 is 9.18 Å². The normalized spacial score (nSPS) is 17.9. The molecule has 0 unspecified atom stereocenters. The van der Waals surface area contributed by atoms with E-state index in [1.54, 1.807) is 35.2 Å². The molecule has 1 fully saturated rings. The number of carbonyl (C=O) groups is 1. The van der Waals surface area contributed by atoms with Gasteiger partial charge >= 0.3 is 0 Å². The molecule has 1 aliphatic carbocycles. The second kappa shape index (κ2) is 9.27. The minimum absolute atomic E-state index is 0.00785. The van der Waals surface area contributed by atoms with Crippen LogP contribution >= 0.6 is 11.3 Å². The van der Waals surface area contributed by atoms with E-state index in [0.717, 1.165) is 52.9 Å². The van der Waals surface area contributed by atoms with Crippen molar-refractivity contribution in [2.75, 3.05) is 7.05 Å². The van der Waals surface area contributed by atoms with Crippen LogP contribution in [0.4, 0.5) is 4.39 Å². The van der Waals surface area contributed by atoms with E-state index in [9.17, 15) is 9.18 Å². The molecule has 0 saturated heterocycles. The van der Waals surface area contributed by atoms with Crippen molar-refractivity contribution in [3.05, 3.63) is 71.7 Å². The third-order valence-corrected chi connectivity index (χ3v) is 7.75. The van der Waals surface area contributed by atoms with E-state index in [2.05, 4.69) is 25.3 Å². The van der Waals surface area contributed by atoms with E-state index < -0.39 is 0 Å². The highest BCUT2D eigenvalue weighted by molar-refractivity contribution is 7.13. The molecule has 0 spiro atoms. The number of aromatic amines is 1. The highest BCUT2D eigenvalue weighted by Gasteiger charge is 2.29. The lowest BCUT2D eigenvalue weighted by atomic mass is 9.90. The lowest BCUT2D eigenvalue weighted by molar-refractivity contribution is 0.0675. The minimum Gasteiger partial charge on any atom is -0.339 e. The lowest BCUT2D eigenvalue weighted by Crippen LogP contribution is -2.39. The van der Waals surface area contributed by atoms with E-state index in [1.165, 1.54) is 12.1 Å². The number of imidazole rings is 1. The van der Waals surface area contributed by atoms with Gasteiger partial charge in [-0.2, -0.15) is 0 Å². The van der Waals surface area contributed by atoms with Gasteiger partial charge < -0.3 is 9.88 Å². The zero-order valence-corrected chi connectivity index (χ0v) is 20.5. The van der Waals surface area contributed by atoms with Crippen LogP contribution in [-0.4, -0.2) is 53.8 Å². The fourth-order valence-corrected chi connectivity index (χ4v) is 5.45.